The first kappa shape index (κ1) is 16.1. The number of nitrogens with one attached hydrogen (secondary N) is 2. The summed E-state index contributed by atoms with van der Waals surface area (Å²) in [6, 6.07) is -0.401. The third kappa shape index (κ3) is 7.10. The molecule has 2 N–H and O–H groups in total. The van der Waals surface area contributed by atoms with Crippen molar-refractivity contribution in [2.45, 2.75) is 72.0 Å². The Morgan fingerprint density at radius 1 is 1.18 bits per heavy atom. The average Bonchev–Trinajstić information content (AvgIpc) is 2.12. The maximum atomic E-state index is 12.0. The Morgan fingerprint density at radius 3 is 2.06 bits per heavy atom. The molecule has 0 aromatic rings. The summed E-state index contributed by atoms with van der Waals surface area (Å²) in [5, 5.41) is 5.84. The fraction of sp³-hybridized carbons (Fsp3) is 0.846. The van der Waals surface area contributed by atoms with Crippen molar-refractivity contribution in [2.24, 2.45) is 0 Å². The lowest BCUT2D eigenvalue weighted by Gasteiger charge is -2.27. The minimum atomic E-state index is -0.491. The topological polar surface area (TPSA) is 58.2 Å². The zero-order chi connectivity index (χ0) is 13.6. The molecule has 1 amide bonds. The summed E-state index contributed by atoms with van der Waals surface area (Å²) in [4.78, 5) is 23.6. The fourth-order valence-corrected chi connectivity index (χ4v) is 1.57. The molecule has 0 aromatic carbocycles. The van der Waals surface area contributed by atoms with E-state index in [-0.39, 0.29) is 17.4 Å². The molecular formula is C13H26N2O2. The second-order valence-corrected chi connectivity index (χ2v) is 5.73. The van der Waals surface area contributed by atoms with E-state index in [2.05, 4.69) is 10.6 Å². The van der Waals surface area contributed by atoms with Gasteiger partial charge in [-0.1, -0.05) is 13.3 Å². The lowest BCUT2D eigenvalue weighted by atomic mass is 10.0. The van der Waals surface area contributed by atoms with Gasteiger partial charge < -0.3 is 10.6 Å². The molecular weight excluding hydrogens is 216 g/mol. The molecule has 0 aliphatic rings. The van der Waals surface area contributed by atoms with Crippen LogP contribution in [0.3, 0.4) is 0 Å². The Balaban J connectivity index is 4.59. The number of rotatable bonds is 6. The summed E-state index contributed by atoms with van der Waals surface area (Å²) in [6.07, 6.45) is 1.55. The maximum Gasteiger partial charge on any atom is 0.289 e. The highest BCUT2D eigenvalue weighted by Gasteiger charge is 2.27. The quantitative estimate of drug-likeness (QED) is 0.696. The van der Waals surface area contributed by atoms with E-state index in [0.717, 1.165) is 6.42 Å². The molecule has 0 aliphatic heterocycles. The smallest absolute Gasteiger partial charge is 0.289 e. The molecule has 0 fully saturated rings. The summed E-state index contributed by atoms with van der Waals surface area (Å²) < 4.78 is 0. The van der Waals surface area contributed by atoms with Crippen molar-refractivity contribution in [1.29, 1.82) is 0 Å². The van der Waals surface area contributed by atoms with Gasteiger partial charge in [-0.2, -0.15) is 0 Å². The molecule has 17 heavy (non-hydrogen) atoms. The first-order valence-electron chi connectivity index (χ1n) is 6.29. The molecule has 0 saturated heterocycles. The molecule has 0 saturated carbocycles. The molecule has 0 bridgehead atoms. The summed E-state index contributed by atoms with van der Waals surface area (Å²) in [5.41, 5.74) is -0.173. The number of amides is 1. The van der Waals surface area contributed by atoms with Crippen LogP contribution < -0.4 is 10.6 Å². The summed E-state index contributed by atoms with van der Waals surface area (Å²) >= 11 is 0. The predicted molar refractivity (Wildman–Crippen MR) is 69.9 cm³/mol. The van der Waals surface area contributed by atoms with Crippen molar-refractivity contribution < 1.29 is 9.59 Å². The maximum absolute atomic E-state index is 12.0. The van der Waals surface area contributed by atoms with Crippen LogP contribution in [0.15, 0.2) is 0 Å². The molecule has 0 aromatic heterocycles. The molecule has 0 rings (SSSR count). The van der Waals surface area contributed by atoms with Crippen molar-refractivity contribution in [3.63, 3.8) is 0 Å². The van der Waals surface area contributed by atoms with Crippen LogP contribution in [0.5, 0.6) is 0 Å². The van der Waals surface area contributed by atoms with E-state index in [1.54, 1.807) is 0 Å². The van der Waals surface area contributed by atoms with Gasteiger partial charge in [0.1, 0.15) is 0 Å². The molecule has 0 spiro atoms. The van der Waals surface area contributed by atoms with E-state index in [1.807, 2.05) is 41.5 Å². The van der Waals surface area contributed by atoms with Gasteiger partial charge in [-0.05, 0) is 41.0 Å². The SMILES string of the molecule is CCCC(NC(C)(C)C)C(=O)C(=O)NC(C)C. The number of ketones is 1. The summed E-state index contributed by atoms with van der Waals surface area (Å²) in [6.45, 7) is 11.7. The van der Waals surface area contributed by atoms with E-state index in [4.69, 9.17) is 0 Å². The Morgan fingerprint density at radius 2 is 1.71 bits per heavy atom. The number of carbonyl (C=O) groups excluding carboxylic acids is 2. The Kier molecular flexibility index (Phi) is 6.39. The zero-order valence-corrected chi connectivity index (χ0v) is 11.9. The summed E-state index contributed by atoms with van der Waals surface area (Å²) in [5.74, 6) is -0.856. The molecule has 4 nitrogen and oxygen atoms in total. The Bertz CT molecular complexity index is 267. The van der Waals surface area contributed by atoms with Crippen molar-refractivity contribution in [1.82, 2.24) is 10.6 Å². The molecule has 0 heterocycles. The van der Waals surface area contributed by atoms with Crippen LogP contribution in [-0.2, 0) is 9.59 Å². The predicted octanol–water partition coefficient (Wildman–Crippen LogP) is 1.64. The standard InChI is InChI=1S/C13H26N2O2/c1-7-8-10(15-13(4,5)6)11(16)12(17)14-9(2)3/h9-10,15H,7-8H2,1-6H3,(H,14,17). The highest BCUT2D eigenvalue weighted by Crippen LogP contribution is 2.07. The second-order valence-electron chi connectivity index (χ2n) is 5.73. The minimum absolute atomic E-state index is 0.0108. The van der Waals surface area contributed by atoms with Crippen LogP contribution >= 0.6 is 0 Å². The van der Waals surface area contributed by atoms with Crippen LogP contribution in [0, 0.1) is 0 Å². The van der Waals surface area contributed by atoms with Gasteiger partial charge in [-0.3, -0.25) is 9.59 Å². The Hall–Kier alpha value is -0.900. The molecule has 100 valence electrons. The lowest BCUT2D eigenvalue weighted by Crippen LogP contribution is -2.52. The van der Waals surface area contributed by atoms with Crippen LogP contribution in [0.1, 0.15) is 54.4 Å². The molecule has 0 radical (unpaired) electrons. The molecule has 1 unspecified atom stereocenters. The second kappa shape index (κ2) is 6.74. The average molecular weight is 242 g/mol. The lowest BCUT2D eigenvalue weighted by molar-refractivity contribution is -0.139. The van der Waals surface area contributed by atoms with E-state index < -0.39 is 11.9 Å². The highest BCUT2D eigenvalue weighted by atomic mass is 16.2. The van der Waals surface area contributed by atoms with Crippen LogP contribution in [-0.4, -0.2) is 29.3 Å². The van der Waals surface area contributed by atoms with Gasteiger partial charge in [0, 0.05) is 11.6 Å². The fourth-order valence-electron chi connectivity index (χ4n) is 1.57. The van der Waals surface area contributed by atoms with E-state index in [1.165, 1.54) is 0 Å². The summed E-state index contributed by atoms with van der Waals surface area (Å²) in [7, 11) is 0. The van der Waals surface area contributed by atoms with Gasteiger partial charge in [0.15, 0.2) is 0 Å². The number of hydrogen-bond donors (Lipinski definition) is 2. The van der Waals surface area contributed by atoms with Crippen LogP contribution in [0.4, 0.5) is 0 Å². The monoisotopic (exact) mass is 242 g/mol. The van der Waals surface area contributed by atoms with E-state index >= 15 is 0 Å². The van der Waals surface area contributed by atoms with Crippen molar-refractivity contribution >= 4 is 11.7 Å². The number of Topliss-reactive ketones (excluding diaryl/α,β-unsaturated/α-hetero) is 1. The normalized spacial score (nSPS) is 13.6. The minimum Gasteiger partial charge on any atom is -0.347 e. The van der Waals surface area contributed by atoms with Crippen LogP contribution in [0.2, 0.25) is 0 Å². The van der Waals surface area contributed by atoms with E-state index in [9.17, 15) is 9.59 Å². The van der Waals surface area contributed by atoms with Crippen LogP contribution in [0.25, 0.3) is 0 Å². The number of carbonyl (C=O) groups is 2. The Labute approximate surface area is 105 Å². The van der Waals surface area contributed by atoms with Crippen molar-refractivity contribution in [3.8, 4) is 0 Å². The van der Waals surface area contributed by atoms with Gasteiger partial charge >= 0.3 is 0 Å². The third-order valence-corrected chi connectivity index (χ3v) is 2.14. The molecule has 0 aliphatic carbocycles. The third-order valence-electron chi connectivity index (χ3n) is 2.14. The van der Waals surface area contributed by atoms with Gasteiger partial charge in [-0.25, -0.2) is 0 Å². The molecule has 4 heteroatoms. The van der Waals surface area contributed by atoms with Crippen molar-refractivity contribution in [2.75, 3.05) is 0 Å². The largest absolute Gasteiger partial charge is 0.347 e. The van der Waals surface area contributed by atoms with Crippen molar-refractivity contribution in [3.05, 3.63) is 0 Å². The first-order chi connectivity index (χ1) is 7.67. The van der Waals surface area contributed by atoms with Gasteiger partial charge in [-0.15, -0.1) is 0 Å². The number of hydrogen-bond acceptors (Lipinski definition) is 3. The van der Waals surface area contributed by atoms with Gasteiger partial charge in [0.25, 0.3) is 5.91 Å². The van der Waals surface area contributed by atoms with E-state index in [0.29, 0.717) is 6.42 Å². The zero-order valence-electron chi connectivity index (χ0n) is 11.9. The van der Waals surface area contributed by atoms with Gasteiger partial charge in [0.2, 0.25) is 5.78 Å². The first-order valence-corrected chi connectivity index (χ1v) is 6.29. The molecule has 1 atom stereocenters. The van der Waals surface area contributed by atoms with Gasteiger partial charge in [0.05, 0.1) is 6.04 Å². The highest BCUT2D eigenvalue weighted by molar-refractivity contribution is 6.38.